The van der Waals surface area contributed by atoms with Gasteiger partial charge in [-0.05, 0) is 65.9 Å². The maximum atomic E-state index is 13.5. The van der Waals surface area contributed by atoms with E-state index in [4.69, 9.17) is 4.74 Å². The van der Waals surface area contributed by atoms with Gasteiger partial charge in [-0.25, -0.2) is 17.9 Å². The van der Waals surface area contributed by atoms with Gasteiger partial charge in [-0.15, -0.1) is 0 Å². The number of hydrogen-bond donors (Lipinski definition) is 2. The number of aryl methyl sites for hydroxylation is 1. The van der Waals surface area contributed by atoms with Crippen molar-refractivity contribution in [1.29, 1.82) is 0 Å². The van der Waals surface area contributed by atoms with Crippen LogP contribution in [-0.2, 0) is 21.2 Å². The van der Waals surface area contributed by atoms with Crippen molar-refractivity contribution in [1.82, 2.24) is 13.5 Å². The molecule has 2 N–H and O–H groups in total. The zero-order chi connectivity index (χ0) is 27.4. The molecule has 0 radical (unpaired) electrons. The predicted octanol–water partition coefficient (Wildman–Crippen LogP) is 5.09. The first-order chi connectivity index (χ1) is 18.1. The SMILES string of the molecule is CCCc1cc(C(=O)O)ccc1OC(C(=O)NS(=O)(=O)c1ccc(C(C)C)cc1)c1ccc2nsnc2c1. The maximum absolute atomic E-state index is 13.5. The Hall–Kier alpha value is -3.83. The van der Waals surface area contributed by atoms with Gasteiger partial charge in [0.1, 0.15) is 16.8 Å². The zero-order valence-corrected chi connectivity index (χ0v) is 22.7. The molecule has 4 rings (SSSR count). The number of fused-ring (bicyclic) bond motifs is 1. The van der Waals surface area contributed by atoms with E-state index in [1.807, 2.05) is 20.8 Å². The number of hydrogen-bond acceptors (Lipinski definition) is 8. The molecule has 9 nitrogen and oxygen atoms in total. The van der Waals surface area contributed by atoms with Crippen molar-refractivity contribution in [2.45, 2.75) is 50.5 Å². The molecule has 0 spiro atoms. The predicted molar refractivity (Wildman–Crippen MR) is 144 cm³/mol. The smallest absolute Gasteiger partial charge is 0.335 e. The van der Waals surface area contributed by atoms with Gasteiger partial charge in [0.05, 0.1) is 22.2 Å². The van der Waals surface area contributed by atoms with Crippen molar-refractivity contribution >= 4 is 44.7 Å². The summed E-state index contributed by atoms with van der Waals surface area (Å²) in [6.45, 7) is 5.93. The first-order valence-corrected chi connectivity index (χ1v) is 14.2. The Labute approximate surface area is 224 Å². The van der Waals surface area contributed by atoms with Crippen LogP contribution in [0.15, 0.2) is 65.6 Å². The lowest BCUT2D eigenvalue weighted by Gasteiger charge is -2.21. The van der Waals surface area contributed by atoms with E-state index in [9.17, 15) is 23.1 Å². The third-order valence-electron chi connectivity index (χ3n) is 5.98. The topological polar surface area (TPSA) is 136 Å². The number of nitrogens with zero attached hydrogens (tertiary/aromatic N) is 2. The van der Waals surface area contributed by atoms with E-state index < -0.39 is 28.0 Å². The Morgan fingerprint density at radius 3 is 2.32 bits per heavy atom. The van der Waals surface area contributed by atoms with Crippen molar-refractivity contribution < 1.29 is 27.9 Å². The lowest BCUT2D eigenvalue weighted by molar-refractivity contribution is -0.126. The molecule has 1 heterocycles. The number of aromatic nitrogens is 2. The second-order valence-electron chi connectivity index (χ2n) is 9.08. The number of rotatable bonds is 10. The van der Waals surface area contributed by atoms with Crippen molar-refractivity contribution in [3.8, 4) is 5.75 Å². The van der Waals surface area contributed by atoms with Crippen LogP contribution in [0, 0.1) is 0 Å². The van der Waals surface area contributed by atoms with E-state index in [2.05, 4.69) is 13.5 Å². The number of carbonyl (C=O) groups excluding carboxylic acids is 1. The molecule has 11 heteroatoms. The normalized spacial score (nSPS) is 12.4. The van der Waals surface area contributed by atoms with Crippen LogP contribution in [0.25, 0.3) is 11.0 Å². The fraction of sp³-hybridized carbons (Fsp3) is 0.259. The lowest BCUT2D eigenvalue weighted by atomic mass is 10.0. The summed E-state index contributed by atoms with van der Waals surface area (Å²) in [5.74, 6) is -1.48. The number of aromatic carboxylic acids is 1. The number of carboxylic acids is 1. The average molecular weight is 554 g/mol. The maximum Gasteiger partial charge on any atom is 0.335 e. The first-order valence-electron chi connectivity index (χ1n) is 12.0. The van der Waals surface area contributed by atoms with Crippen LogP contribution in [0.3, 0.4) is 0 Å². The van der Waals surface area contributed by atoms with Crippen LogP contribution in [0.4, 0.5) is 0 Å². The highest BCUT2D eigenvalue weighted by atomic mass is 32.2. The molecular formula is C27H27N3O6S2. The van der Waals surface area contributed by atoms with Crippen molar-refractivity contribution in [3.63, 3.8) is 0 Å². The standard InChI is InChI=1S/C27H27N3O6S2/c1-4-5-18-14-20(27(32)33)9-13-24(18)36-25(19-8-12-22-23(15-19)29-37-28-22)26(31)30-38(34,35)21-10-6-17(7-11-21)16(2)3/h6-16,25H,4-5H2,1-3H3,(H,30,31)(H,32,33). The summed E-state index contributed by atoms with van der Waals surface area (Å²) < 4.78 is 42.8. The number of nitrogens with one attached hydrogen (secondary N) is 1. The fourth-order valence-corrected chi connectivity index (χ4v) is 5.43. The Morgan fingerprint density at radius 2 is 1.66 bits per heavy atom. The molecule has 0 fully saturated rings. The van der Waals surface area contributed by atoms with E-state index in [1.54, 1.807) is 30.3 Å². The van der Waals surface area contributed by atoms with Gasteiger partial charge in [0.2, 0.25) is 6.10 Å². The average Bonchev–Trinajstić information content (AvgIpc) is 3.35. The number of carboxylic acid groups (broad SMARTS) is 1. The second-order valence-corrected chi connectivity index (χ2v) is 11.3. The molecule has 0 aliphatic heterocycles. The van der Waals surface area contributed by atoms with E-state index >= 15 is 0 Å². The summed E-state index contributed by atoms with van der Waals surface area (Å²) in [6.07, 6.45) is -0.162. The molecule has 4 aromatic rings. The van der Waals surface area contributed by atoms with Crippen LogP contribution < -0.4 is 9.46 Å². The number of sulfonamides is 1. The minimum absolute atomic E-state index is 0.0503. The van der Waals surface area contributed by atoms with Gasteiger partial charge in [-0.1, -0.05) is 45.4 Å². The van der Waals surface area contributed by atoms with Crippen LogP contribution in [0.2, 0.25) is 0 Å². The fourth-order valence-electron chi connectivity index (χ4n) is 3.93. The minimum Gasteiger partial charge on any atom is -0.478 e. The van der Waals surface area contributed by atoms with Crippen LogP contribution in [0.1, 0.15) is 66.3 Å². The summed E-state index contributed by atoms with van der Waals surface area (Å²) in [4.78, 5) is 24.9. The third-order valence-corrected chi connectivity index (χ3v) is 7.90. The molecule has 0 aliphatic rings. The van der Waals surface area contributed by atoms with E-state index in [0.29, 0.717) is 35.0 Å². The van der Waals surface area contributed by atoms with Gasteiger partial charge in [0, 0.05) is 5.56 Å². The van der Waals surface area contributed by atoms with Gasteiger partial charge >= 0.3 is 5.97 Å². The summed E-state index contributed by atoms with van der Waals surface area (Å²) in [5.41, 5.74) is 3.19. The van der Waals surface area contributed by atoms with E-state index in [1.165, 1.54) is 30.3 Å². The highest BCUT2D eigenvalue weighted by Crippen LogP contribution is 2.30. The molecule has 3 aromatic carbocycles. The monoisotopic (exact) mass is 553 g/mol. The number of amides is 1. The number of carbonyl (C=O) groups is 2. The third kappa shape index (κ3) is 6.00. The molecule has 1 amide bonds. The Kier molecular flexibility index (Phi) is 8.08. The van der Waals surface area contributed by atoms with Crippen LogP contribution in [0.5, 0.6) is 5.75 Å². The Bertz CT molecular complexity index is 1580. The Balaban J connectivity index is 1.71. The van der Waals surface area contributed by atoms with E-state index in [0.717, 1.165) is 17.3 Å². The summed E-state index contributed by atoms with van der Waals surface area (Å²) in [6, 6.07) is 15.6. The molecule has 1 unspecified atom stereocenters. The molecule has 1 aromatic heterocycles. The van der Waals surface area contributed by atoms with Crippen LogP contribution in [-0.4, -0.2) is 34.1 Å². The van der Waals surface area contributed by atoms with Crippen molar-refractivity contribution in [3.05, 3.63) is 82.9 Å². The largest absolute Gasteiger partial charge is 0.478 e. The molecule has 38 heavy (non-hydrogen) atoms. The second kappa shape index (κ2) is 11.3. The number of benzene rings is 3. The lowest BCUT2D eigenvalue weighted by Crippen LogP contribution is -2.37. The summed E-state index contributed by atoms with van der Waals surface area (Å²) in [7, 11) is -4.20. The molecule has 0 aliphatic carbocycles. The summed E-state index contributed by atoms with van der Waals surface area (Å²) in [5, 5.41) is 9.40. The molecule has 0 saturated carbocycles. The minimum atomic E-state index is -4.20. The highest BCUT2D eigenvalue weighted by molar-refractivity contribution is 7.90. The van der Waals surface area contributed by atoms with Gasteiger partial charge < -0.3 is 9.84 Å². The first kappa shape index (κ1) is 27.2. The molecule has 0 bridgehead atoms. The zero-order valence-electron chi connectivity index (χ0n) is 21.0. The molecular weight excluding hydrogens is 526 g/mol. The highest BCUT2D eigenvalue weighted by Gasteiger charge is 2.29. The molecule has 0 saturated heterocycles. The number of ether oxygens (including phenoxy) is 1. The van der Waals surface area contributed by atoms with Gasteiger partial charge in [0.15, 0.2) is 0 Å². The van der Waals surface area contributed by atoms with Gasteiger partial charge in [-0.2, -0.15) is 8.75 Å². The van der Waals surface area contributed by atoms with E-state index in [-0.39, 0.29) is 22.1 Å². The molecule has 198 valence electrons. The molecule has 1 atom stereocenters. The van der Waals surface area contributed by atoms with Crippen molar-refractivity contribution in [2.24, 2.45) is 0 Å². The van der Waals surface area contributed by atoms with Gasteiger partial charge in [0.25, 0.3) is 15.9 Å². The Morgan fingerprint density at radius 1 is 0.974 bits per heavy atom. The quantitative estimate of drug-likeness (QED) is 0.277. The van der Waals surface area contributed by atoms with Crippen LogP contribution >= 0.6 is 11.7 Å². The van der Waals surface area contributed by atoms with Crippen molar-refractivity contribution in [2.75, 3.05) is 0 Å². The summed E-state index contributed by atoms with van der Waals surface area (Å²) >= 11 is 1.02. The van der Waals surface area contributed by atoms with Gasteiger partial charge in [-0.3, -0.25) is 4.79 Å².